The molecule has 0 radical (unpaired) electrons. The van der Waals surface area contributed by atoms with E-state index in [2.05, 4.69) is 17.3 Å². The highest BCUT2D eigenvalue weighted by molar-refractivity contribution is 7.99. The third kappa shape index (κ3) is 3.75. The predicted molar refractivity (Wildman–Crippen MR) is 87.6 cm³/mol. The first kappa shape index (κ1) is 16.1. The first-order valence-corrected chi connectivity index (χ1v) is 9.35. The quantitative estimate of drug-likeness (QED) is 0.769. The van der Waals surface area contributed by atoms with Crippen LogP contribution in [-0.4, -0.2) is 90.5 Å². The summed E-state index contributed by atoms with van der Waals surface area (Å²) < 4.78 is 0. The summed E-state index contributed by atoms with van der Waals surface area (Å²) in [4.78, 5) is 30.9. The van der Waals surface area contributed by atoms with E-state index in [9.17, 15) is 9.59 Å². The maximum atomic E-state index is 12.4. The molecule has 3 heterocycles. The van der Waals surface area contributed by atoms with Gasteiger partial charge in [0, 0.05) is 44.9 Å². The number of nitrogens with zero attached hydrogens (tertiary/aromatic N) is 3. The van der Waals surface area contributed by atoms with Crippen molar-refractivity contribution in [2.45, 2.75) is 18.9 Å². The molecule has 6 nitrogen and oxygen atoms in total. The summed E-state index contributed by atoms with van der Waals surface area (Å²) >= 11 is 1.81. The van der Waals surface area contributed by atoms with Crippen molar-refractivity contribution in [1.29, 1.82) is 0 Å². The maximum Gasteiger partial charge on any atom is 0.240 e. The lowest BCUT2D eigenvalue weighted by Gasteiger charge is -2.33. The molecule has 2 atom stereocenters. The Labute approximate surface area is 136 Å². The van der Waals surface area contributed by atoms with Crippen LogP contribution in [-0.2, 0) is 9.59 Å². The van der Waals surface area contributed by atoms with E-state index in [4.69, 9.17) is 0 Å². The van der Waals surface area contributed by atoms with E-state index >= 15 is 0 Å². The van der Waals surface area contributed by atoms with Crippen molar-refractivity contribution in [2.75, 3.05) is 57.9 Å². The van der Waals surface area contributed by atoms with Crippen LogP contribution in [0.2, 0.25) is 0 Å². The smallest absolute Gasteiger partial charge is 0.240 e. The van der Waals surface area contributed by atoms with Gasteiger partial charge in [0.2, 0.25) is 11.8 Å². The number of amides is 2. The largest absolute Gasteiger partial charge is 0.340 e. The highest BCUT2D eigenvalue weighted by Gasteiger charge is 2.34. The molecule has 3 fully saturated rings. The third-order valence-electron chi connectivity index (χ3n) is 4.90. The van der Waals surface area contributed by atoms with E-state index in [-0.39, 0.29) is 17.9 Å². The predicted octanol–water partition coefficient (Wildman–Crippen LogP) is -0.338. The zero-order chi connectivity index (χ0) is 15.5. The molecule has 0 spiro atoms. The van der Waals surface area contributed by atoms with Crippen LogP contribution in [0, 0.1) is 5.92 Å². The van der Waals surface area contributed by atoms with Crippen LogP contribution in [0.25, 0.3) is 0 Å². The van der Waals surface area contributed by atoms with Crippen LogP contribution in [0.1, 0.15) is 12.8 Å². The Morgan fingerprint density at radius 2 is 1.91 bits per heavy atom. The molecule has 22 heavy (non-hydrogen) atoms. The van der Waals surface area contributed by atoms with Gasteiger partial charge in [0.05, 0.1) is 11.9 Å². The fourth-order valence-electron chi connectivity index (χ4n) is 3.39. The lowest BCUT2D eigenvalue weighted by molar-refractivity contribution is -0.134. The molecule has 0 aromatic rings. The van der Waals surface area contributed by atoms with Crippen LogP contribution < -0.4 is 5.32 Å². The molecular weight excluding hydrogens is 300 g/mol. The summed E-state index contributed by atoms with van der Waals surface area (Å²) in [6, 6.07) is -0.0796. The summed E-state index contributed by atoms with van der Waals surface area (Å²) in [6.07, 6.45) is 1.38. The SMILES string of the molecule is CN1CCN(C(=O)CC2CNC(C(=O)N3CCSC3)C2)CC1. The maximum absolute atomic E-state index is 12.4. The molecule has 124 valence electrons. The highest BCUT2D eigenvalue weighted by atomic mass is 32.2. The zero-order valence-corrected chi connectivity index (χ0v) is 14.1. The molecule has 0 saturated carbocycles. The molecule has 2 unspecified atom stereocenters. The molecule has 3 aliphatic heterocycles. The van der Waals surface area contributed by atoms with Gasteiger partial charge in [-0.3, -0.25) is 9.59 Å². The van der Waals surface area contributed by atoms with Gasteiger partial charge in [-0.2, -0.15) is 0 Å². The van der Waals surface area contributed by atoms with Crippen LogP contribution in [0.15, 0.2) is 0 Å². The van der Waals surface area contributed by atoms with Crippen molar-refractivity contribution in [2.24, 2.45) is 5.92 Å². The molecule has 0 bridgehead atoms. The molecule has 0 aromatic heterocycles. The number of nitrogens with one attached hydrogen (secondary N) is 1. The van der Waals surface area contributed by atoms with Crippen LogP contribution in [0.5, 0.6) is 0 Å². The third-order valence-corrected chi connectivity index (χ3v) is 5.87. The van der Waals surface area contributed by atoms with Crippen LogP contribution in [0.3, 0.4) is 0 Å². The lowest BCUT2D eigenvalue weighted by Crippen LogP contribution is -2.47. The van der Waals surface area contributed by atoms with Gasteiger partial charge in [-0.1, -0.05) is 0 Å². The normalized spacial score (nSPS) is 30.0. The molecule has 2 amide bonds. The van der Waals surface area contributed by atoms with Crippen molar-refractivity contribution < 1.29 is 9.59 Å². The van der Waals surface area contributed by atoms with Gasteiger partial charge >= 0.3 is 0 Å². The van der Waals surface area contributed by atoms with E-state index in [1.54, 1.807) is 0 Å². The standard InChI is InChI=1S/C15H26N4O2S/c1-17-2-4-18(5-3-17)14(20)9-12-8-13(16-10-12)15(21)19-6-7-22-11-19/h12-13,16H,2-11H2,1H3. The van der Waals surface area contributed by atoms with E-state index in [1.165, 1.54) is 0 Å². The summed E-state index contributed by atoms with van der Waals surface area (Å²) in [7, 11) is 2.09. The monoisotopic (exact) mass is 326 g/mol. The van der Waals surface area contributed by atoms with E-state index < -0.39 is 0 Å². The zero-order valence-electron chi connectivity index (χ0n) is 13.3. The lowest BCUT2D eigenvalue weighted by atomic mass is 10.00. The minimum atomic E-state index is -0.0796. The second kappa shape index (κ2) is 7.19. The Morgan fingerprint density at radius 1 is 1.14 bits per heavy atom. The molecule has 3 rings (SSSR count). The first-order valence-electron chi connectivity index (χ1n) is 8.19. The van der Waals surface area contributed by atoms with Crippen molar-refractivity contribution in [3.63, 3.8) is 0 Å². The average molecular weight is 326 g/mol. The number of thioether (sulfide) groups is 1. The first-order chi connectivity index (χ1) is 10.6. The summed E-state index contributed by atoms with van der Waals surface area (Å²) in [6.45, 7) is 5.25. The van der Waals surface area contributed by atoms with Crippen molar-refractivity contribution in [3.05, 3.63) is 0 Å². The minimum Gasteiger partial charge on any atom is -0.340 e. The average Bonchev–Trinajstić information content (AvgIpc) is 3.19. The van der Waals surface area contributed by atoms with Gasteiger partial charge in [-0.05, 0) is 25.9 Å². The van der Waals surface area contributed by atoms with Crippen molar-refractivity contribution in [3.8, 4) is 0 Å². The molecule has 3 saturated heterocycles. The molecular formula is C15H26N4O2S. The van der Waals surface area contributed by atoms with Gasteiger partial charge in [0.25, 0.3) is 0 Å². The van der Waals surface area contributed by atoms with E-state index in [0.717, 1.165) is 57.3 Å². The molecule has 0 aliphatic carbocycles. The number of carbonyl (C=O) groups is 2. The Bertz CT molecular complexity index is 420. The van der Waals surface area contributed by atoms with Gasteiger partial charge in [-0.25, -0.2) is 0 Å². The second-order valence-electron chi connectivity index (χ2n) is 6.59. The number of hydrogen-bond acceptors (Lipinski definition) is 5. The number of likely N-dealkylation sites (N-methyl/N-ethyl adjacent to an activating group) is 1. The van der Waals surface area contributed by atoms with Gasteiger partial charge in [0.1, 0.15) is 0 Å². The summed E-state index contributed by atoms with van der Waals surface area (Å²) in [5.74, 6) is 2.65. The number of hydrogen-bond donors (Lipinski definition) is 1. The molecule has 1 N–H and O–H groups in total. The second-order valence-corrected chi connectivity index (χ2v) is 7.66. The van der Waals surface area contributed by atoms with Gasteiger partial charge < -0.3 is 20.0 Å². The van der Waals surface area contributed by atoms with Crippen LogP contribution >= 0.6 is 11.8 Å². The topological polar surface area (TPSA) is 55.9 Å². The highest BCUT2D eigenvalue weighted by Crippen LogP contribution is 2.23. The Morgan fingerprint density at radius 3 is 2.59 bits per heavy atom. The Kier molecular flexibility index (Phi) is 5.25. The van der Waals surface area contributed by atoms with Crippen molar-refractivity contribution in [1.82, 2.24) is 20.0 Å². The van der Waals surface area contributed by atoms with E-state index in [0.29, 0.717) is 12.3 Å². The van der Waals surface area contributed by atoms with Gasteiger partial charge in [0.15, 0.2) is 0 Å². The van der Waals surface area contributed by atoms with E-state index in [1.807, 2.05) is 21.6 Å². The minimum absolute atomic E-state index is 0.0796. The summed E-state index contributed by atoms with van der Waals surface area (Å²) in [5, 5.41) is 3.32. The fourth-order valence-corrected chi connectivity index (χ4v) is 4.35. The van der Waals surface area contributed by atoms with Gasteiger partial charge in [-0.15, -0.1) is 11.8 Å². The number of carbonyl (C=O) groups excluding carboxylic acids is 2. The fraction of sp³-hybridized carbons (Fsp3) is 0.867. The number of piperazine rings is 1. The Balaban J connectivity index is 1.44. The van der Waals surface area contributed by atoms with Crippen molar-refractivity contribution >= 4 is 23.6 Å². The number of rotatable bonds is 3. The molecule has 0 aromatic carbocycles. The molecule has 7 heteroatoms. The Hall–Kier alpha value is -0.790. The molecule has 3 aliphatic rings. The van der Waals surface area contributed by atoms with Crippen LogP contribution in [0.4, 0.5) is 0 Å². The summed E-state index contributed by atoms with van der Waals surface area (Å²) in [5.41, 5.74) is 0.